The van der Waals surface area contributed by atoms with Crippen molar-refractivity contribution in [2.45, 2.75) is 19.4 Å². The molecule has 0 aromatic carbocycles. The van der Waals surface area contributed by atoms with Crippen molar-refractivity contribution >= 4 is 11.7 Å². The highest BCUT2D eigenvalue weighted by molar-refractivity contribution is 5.88. The number of ether oxygens (including phenoxy) is 2. The van der Waals surface area contributed by atoms with Crippen molar-refractivity contribution in [1.29, 1.82) is 0 Å². The van der Waals surface area contributed by atoms with E-state index in [2.05, 4.69) is 4.74 Å². The summed E-state index contributed by atoms with van der Waals surface area (Å²) < 4.78 is 11.5. The van der Waals surface area contributed by atoms with Crippen LogP contribution in [0.1, 0.15) is 23.3 Å². The smallest absolute Gasteiger partial charge is 0.354 e. The van der Waals surface area contributed by atoms with Gasteiger partial charge >= 0.3 is 5.97 Å². The fourth-order valence-electron chi connectivity index (χ4n) is 1.52. The summed E-state index contributed by atoms with van der Waals surface area (Å²) in [6.07, 6.45) is 3.64. The first kappa shape index (κ1) is 12.6. The molecule has 0 aliphatic heterocycles. The molecule has 0 saturated heterocycles. The summed E-state index contributed by atoms with van der Waals surface area (Å²) >= 11 is 0. The van der Waals surface area contributed by atoms with E-state index in [9.17, 15) is 4.79 Å². The predicted molar refractivity (Wildman–Crippen MR) is 61.3 cm³/mol. The highest BCUT2D eigenvalue weighted by Gasteiger charge is 2.12. The number of carbonyl (C=O) groups excluding carboxylic acids is 1. The van der Waals surface area contributed by atoms with Crippen LogP contribution >= 0.6 is 0 Å². The Labute approximate surface area is 95.1 Å². The Kier molecular flexibility index (Phi) is 4.85. The second kappa shape index (κ2) is 6.17. The van der Waals surface area contributed by atoms with Gasteiger partial charge in [-0.3, -0.25) is 0 Å². The first-order valence-electron chi connectivity index (χ1n) is 5.22. The number of esters is 1. The molecule has 1 heterocycles. The van der Waals surface area contributed by atoms with Gasteiger partial charge < -0.3 is 19.8 Å². The van der Waals surface area contributed by atoms with Gasteiger partial charge in [-0.1, -0.05) is 0 Å². The standard InChI is InChI=1S/C11H18N2O3/c1-15-6-4-3-5-13-8-9(12)7-10(13)11(14)16-2/h7-8H,3-6,12H2,1-2H3. The van der Waals surface area contributed by atoms with E-state index in [0.717, 1.165) is 26.0 Å². The Morgan fingerprint density at radius 3 is 2.81 bits per heavy atom. The average molecular weight is 226 g/mol. The van der Waals surface area contributed by atoms with Gasteiger partial charge in [-0.2, -0.15) is 0 Å². The lowest BCUT2D eigenvalue weighted by Crippen LogP contribution is -2.10. The van der Waals surface area contributed by atoms with E-state index in [0.29, 0.717) is 11.4 Å². The highest BCUT2D eigenvalue weighted by atomic mass is 16.5. The Morgan fingerprint density at radius 2 is 2.19 bits per heavy atom. The topological polar surface area (TPSA) is 66.5 Å². The van der Waals surface area contributed by atoms with Crippen LogP contribution in [-0.2, 0) is 16.0 Å². The second-order valence-electron chi connectivity index (χ2n) is 3.54. The molecular formula is C11H18N2O3. The molecule has 2 N–H and O–H groups in total. The third-order valence-corrected chi connectivity index (χ3v) is 2.31. The molecule has 90 valence electrons. The minimum atomic E-state index is -0.358. The van der Waals surface area contributed by atoms with Gasteiger partial charge in [-0.25, -0.2) is 4.79 Å². The fraction of sp³-hybridized carbons (Fsp3) is 0.545. The van der Waals surface area contributed by atoms with Crippen LogP contribution in [0.25, 0.3) is 0 Å². The van der Waals surface area contributed by atoms with Crippen LogP contribution in [0.2, 0.25) is 0 Å². The van der Waals surface area contributed by atoms with Gasteiger partial charge in [0.2, 0.25) is 0 Å². The monoisotopic (exact) mass is 226 g/mol. The zero-order valence-corrected chi connectivity index (χ0v) is 9.73. The largest absolute Gasteiger partial charge is 0.464 e. The summed E-state index contributed by atoms with van der Waals surface area (Å²) in [5, 5.41) is 0. The van der Waals surface area contributed by atoms with Gasteiger partial charge in [-0.15, -0.1) is 0 Å². The maximum absolute atomic E-state index is 11.4. The molecule has 1 rings (SSSR count). The molecule has 5 nitrogen and oxygen atoms in total. The van der Waals surface area contributed by atoms with Crippen LogP contribution in [-0.4, -0.2) is 31.4 Å². The van der Waals surface area contributed by atoms with E-state index >= 15 is 0 Å². The molecule has 0 amide bonds. The predicted octanol–water partition coefficient (Wildman–Crippen LogP) is 1.28. The summed E-state index contributed by atoms with van der Waals surface area (Å²) in [5.74, 6) is -0.358. The first-order chi connectivity index (χ1) is 7.69. The van der Waals surface area contributed by atoms with E-state index in [1.165, 1.54) is 7.11 Å². The number of unbranched alkanes of at least 4 members (excludes halogenated alkanes) is 1. The van der Waals surface area contributed by atoms with E-state index in [-0.39, 0.29) is 5.97 Å². The first-order valence-corrected chi connectivity index (χ1v) is 5.22. The summed E-state index contributed by atoms with van der Waals surface area (Å²) in [4.78, 5) is 11.4. The van der Waals surface area contributed by atoms with Crippen molar-refractivity contribution in [3.8, 4) is 0 Å². The van der Waals surface area contributed by atoms with Crippen LogP contribution in [0.3, 0.4) is 0 Å². The lowest BCUT2D eigenvalue weighted by Gasteiger charge is -2.06. The normalized spacial score (nSPS) is 10.4. The van der Waals surface area contributed by atoms with Gasteiger partial charge in [0.25, 0.3) is 0 Å². The summed E-state index contributed by atoms with van der Waals surface area (Å²) in [6.45, 7) is 1.47. The Hall–Kier alpha value is -1.49. The summed E-state index contributed by atoms with van der Waals surface area (Å²) in [6, 6.07) is 1.63. The number of rotatable bonds is 6. The van der Waals surface area contributed by atoms with Crippen LogP contribution < -0.4 is 5.73 Å². The van der Waals surface area contributed by atoms with Crippen LogP contribution in [0.15, 0.2) is 12.3 Å². The SMILES string of the molecule is COCCCCn1cc(N)cc1C(=O)OC. The third-order valence-electron chi connectivity index (χ3n) is 2.31. The maximum atomic E-state index is 11.4. The zero-order chi connectivity index (χ0) is 12.0. The molecule has 0 aliphatic rings. The molecule has 0 spiro atoms. The second-order valence-corrected chi connectivity index (χ2v) is 3.54. The quantitative estimate of drug-likeness (QED) is 0.586. The number of aromatic nitrogens is 1. The Bertz CT molecular complexity index is 347. The van der Waals surface area contributed by atoms with E-state index < -0.39 is 0 Å². The highest BCUT2D eigenvalue weighted by Crippen LogP contribution is 2.12. The molecular weight excluding hydrogens is 208 g/mol. The number of methoxy groups -OCH3 is 2. The Morgan fingerprint density at radius 1 is 1.44 bits per heavy atom. The molecule has 0 fully saturated rings. The molecule has 1 aromatic heterocycles. The van der Waals surface area contributed by atoms with E-state index in [1.807, 2.05) is 4.57 Å². The number of nitrogens with two attached hydrogens (primary N) is 1. The number of hydrogen-bond donors (Lipinski definition) is 1. The number of hydrogen-bond acceptors (Lipinski definition) is 4. The number of nitrogen functional groups attached to an aromatic ring is 1. The minimum absolute atomic E-state index is 0.358. The molecule has 0 saturated carbocycles. The number of anilines is 1. The van der Waals surface area contributed by atoms with Crippen molar-refractivity contribution in [1.82, 2.24) is 4.57 Å². The van der Waals surface area contributed by atoms with Crippen LogP contribution in [0.5, 0.6) is 0 Å². The van der Waals surface area contributed by atoms with Crippen molar-refractivity contribution < 1.29 is 14.3 Å². The number of carbonyl (C=O) groups is 1. The summed E-state index contributed by atoms with van der Waals surface area (Å²) in [5.41, 5.74) is 6.72. The fourth-order valence-corrected chi connectivity index (χ4v) is 1.52. The maximum Gasteiger partial charge on any atom is 0.354 e. The average Bonchev–Trinajstić information content (AvgIpc) is 2.65. The minimum Gasteiger partial charge on any atom is -0.464 e. The molecule has 5 heteroatoms. The van der Waals surface area contributed by atoms with Crippen molar-refractivity contribution in [3.63, 3.8) is 0 Å². The van der Waals surface area contributed by atoms with Crippen molar-refractivity contribution in [3.05, 3.63) is 18.0 Å². The zero-order valence-electron chi connectivity index (χ0n) is 9.73. The van der Waals surface area contributed by atoms with E-state index in [1.54, 1.807) is 19.4 Å². The molecule has 0 unspecified atom stereocenters. The van der Waals surface area contributed by atoms with Gasteiger partial charge in [-0.05, 0) is 18.9 Å². The third kappa shape index (κ3) is 3.27. The van der Waals surface area contributed by atoms with Gasteiger partial charge in [0.1, 0.15) is 5.69 Å². The van der Waals surface area contributed by atoms with Gasteiger partial charge in [0.05, 0.1) is 12.8 Å². The summed E-state index contributed by atoms with van der Waals surface area (Å²) in [7, 11) is 3.04. The molecule has 0 radical (unpaired) electrons. The lowest BCUT2D eigenvalue weighted by atomic mass is 10.3. The van der Waals surface area contributed by atoms with Crippen LogP contribution in [0, 0.1) is 0 Å². The number of nitrogens with zero attached hydrogens (tertiary/aromatic N) is 1. The number of aryl methyl sites for hydroxylation is 1. The molecule has 16 heavy (non-hydrogen) atoms. The van der Waals surface area contributed by atoms with Crippen molar-refractivity contribution in [2.24, 2.45) is 0 Å². The van der Waals surface area contributed by atoms with Gasteiger partial charge in [0, 0.05) is 26.5 Å². The van der Waals surface area contributed by atoms with Crippen molar-refractivity contribution in [2.75, 3.05) is 26.6 Å². The molecule has 0 aliphatic carbocycles. The van der Waals surface area contributed by atoms with Gasteiger partial charge in [0.15, 0.2) is 0 Å². The molecule has 0 bridgehead atoms. The Balaban J connectivity index is 2.60. The molecule has 1 aromatic rings. The van der Waals surface area contributed by atoms with Crippen LogP contribution in [0.4, 0.5) is 5.69 Å². The lowest BCUT2D eigenvalue weighted by molar-refractivity contribution is 0.0588. The van der Waals surface area contributed by atoms with E-state index in [4.69, 9.17) is 10.5 Å². The molecule has 0 atom stereocenters.